The molecule has 0 unspecified atom stereocenters. The number of anilines is 1. The Bertz CT molecular complexity index is 633. The van der Waals surface area contributed by atoms with Crippen LogP contribution in [0.4, 0.5) is 5.95 Å². The molecule has 1 amide bonds. The van der Waals surface area contributed by atoms with Gasteiger partial charge in [-0.25, -0.2) is 4.98 Å². The van der Waals surface area contributed by atoms with E-state index in [4.69, 9.17) is 0 Å². The molecule has 1 aliphatic rings. The highest BCUT2D eigenvalue weighted by Gasteiger charge is 2.17. The molecule has 0 fully saturated rings. The van der Waals surface area contributed by atoms with Gasteiger partial charge in [0.1, 0.15) is 0 Å². The summed E-state index contributed by atoms with van der Waals surface area (Å²) in [6.45, 7) is 5.17. The number of thiophene rings is 1. The van der Waals surface area contributed by atoms with Crippen molar-refractivity contribution in [3.05, 3.63) is 33.8 Å². The molecule has 0 radical (unpaired) electrons. The lowest BCUT2D eigenvalue weighted by Gasteiger charge is -2.10. The van der Waals surface area contributed by atoms with Gasteiger partial charge in [-0.1, -0.05) is 20.3 Å². The van der Waals surface area contributed by atoms with Gasteiger partial charge in [-0.2, -0.15) is 0 Å². The van der Waals surface area contributed by atoms with E-state index in [1.807, 2.05) is 10.8 Å². The normalized spacial score (nSPS) is 14.7. The number of carbonyl (C=O) groups excluding carboxylic acids is 1. The summed E-state index contributed by atoms with van der Waals surface area (Å²) in [5.41, 5.74) is 1.37. The van der Waals surface area contributed by atoms with Gasteiger partial charge in [0.2, 0.25) is 5.95 Å². The minimum absolute atomic E-state index is 0.0331. The third-order valence-electron chi connectivity index (χ3n) is 3.97. The van der Waals surface area contributed by atoms with Crippen LogP contribution in [-0.2, 0) is 19.4 Å². The maximum atomic E-state index is 12.5. The molecule has 2 aromatic rings. The van der Waals surface area contributed by atoms with Crippen LogP contribution in [0.15, 0.2) is 18.5 Å². The van der Waals surface area contributed by atoms with Crippen molar-refractivity contribution in [2.45, 2.75) is 52.5 Å². The highest BCUT2D eigenvalue weighted by Crippen LogP contribution is 2.29. The summed E-state index contributed by atoms with van der Waals surface area (Å²) in [6, 6.07) is 2.08. The summed E-state index contributed by atoms with van der Waals surface area (Å²) >= 11 is 1.65. The number of fused-ring (bicyclic) bond motifs is 1. The zero-order valence-electron chi connectivity index (χ0n) is 13.3. The van der Waals surface area contributed by atoms with Crippen LogP contribution in [0.3, 0.4) is 0 Å². The van der Waals surface area contributed by atoms with Gasteiger partial charge in [0.25, 0.3) is 5.91 Å². The van der Waals surface area contributed by atoms with Gasteiger partial charge in [0.15, 0.2) is 0 Å². The average molecular weight is 317 g/mol. The number of carbonyl (C=O) groups is 1. The van der Waals surface area contributed by atoms with E-state index in [-0.39, 0.29) is 5.91 Å². The van der Waals surface area contributed by atoms with E-state index in [0.717, 1.165) is 24.3 Å². The number of imidazole rings is 1. The van der Waals surface area contributed by atoms with Gasteiger partial charge in [-0.05, 0) is 43.2 Å². The molecule has 1 N–H and O–H groups in total. The molecule has 0 atom stereocenters. The molecular formula is C17H23N3OS. The average Bonchev–Trinajstić information content (AvgIpc) is 3.00. The van der Waals surface area contributed by atoms with Gasteiger partial charge in [0.05, 0.1) is 4.88 Å². The molecule has 0 spiro atoms. The molecular weight excluding hydrogens is 294 g/mol. The minimum Gasteiger partial charge on any atom is -0.317 e. The maximum absolute atomic E-state index is 12.5. The van der Waals surface area contributed by atoms with E-state index in [0.29, 0.717) is 11.9 Å². The van der Waals surface area contributed by atoms with E-state index in [9.17, 15) is 4.79 Å². The molecule has 1 aliphatic carbocycles. The fourth-order valence-electron chi connectivity index (χ4n) is 2.92. The molecule has 4 nitrogen and oxygen atoms in total. The first kappa shape index (κ1) is 15.3. The van der Waals surface area contributed by atoms with Crippen molar-refractivity contribution in [3.63, 3.8) is 0 Å². The monoisotopic (exact) mass is 317 g/mol. The standard InChI is InChI=1S/C17H23N3OS/c1-12(2)11-20-9-8-18-17(20)19-16(21)15-10-13-6-4-3-5-7-14(13)22-15/h8-10,12H,3-7,11H2,1-2H3,(H,18,19,21). The first-order valence-electron chi connectivity index (χ1n) is 8.07. The van der Waals surface area contributed by atoms with Crippen LogP contribution in [-0.4, -0.2) is 15.5 Å². The Morgan fingerprint density at radius 2 is 2.18 bits per heavy atom. The predicted octanol–water partition coefficient (Wildman–Crippen LogP) is 4.12. The maximum Gasteiger partial charge on any atom is 0.268 e. The van der Waals surface area contributed by atoms with E-state index in [2.05, 4.69) is 30.2 Å². The molecule has 0 aromatic carbocycles. The van der Waals surface area contributed by atoms with Crippen molar-refractivity contribution in [1.82, 2.24) is 9.55 Å². The zero-order valence-corrected chi connectivity index (χ0v) is 14.1. The summed E-state index contributed by atoms with van der Waals surface area (Å²) in [4.78, 5) is 19.0. The number of nitrogens with zero attached hydrogens (tertiary/aromatic N) is 2. The van der Waals surface area contributed by atoms with Gasteiger partial charge in [-0.15, -0.1) is 11.3 Å². The lowest BCUT2D eigenvalue weighted by molar-refractivity contribution is 0.102. The first-order chi connectivity index (χ1) is 10.6. The Morgan fingerprint density at radius 3 is 3.00 bits per heavy atom. The Balaban J connectivity index is 1.74. The zero-order chi connectivity index (χ0) is 15.5. The molecule has 3 rings (SSSR count). The van der Waals surface area contributed by atoms with Crippen LogP contribution >= 0.6 is 11.3 Å². The van der Waals surface area contributed by atoms with Crippen molar-refractivity contribution in [2.24, 2.45) is 5.92 Å². The number of rotatable bonds is 4. The van der Waals surface area contributed by atoms with Crippen molar-refractivity contribution < 1.29 is 4.79 Å². The van der Waals surface area contributed by atoms with Crippen molar-refractivity contribution >= 4 is 23.2 Å². The Labute approximate surface area is 135 Å². The number of amides is 1. The summed E-state index contributed by atoms with van der Waals surface area (Å²) in [5.74, 6) is 1.12. The van der Waals surface area contributed by atoms with Gasteiger partial charge in [-0.3, -0.25) is 10.1 Å². The largest absolute Gasteiger partial charge is 0.317 e. The molecule has 0 bridgehead atoms. The lowest BCUT2D eigenvalue weighted by atomic mass is 10.1. The van der Waals surface area contributed by atoms with Crippen molar-refractivity contribution in [1.29, 1.82) is 0 Å². The number of hydrogen-bond donors (Lipinski definition) is 1. The third kappa shape index (κ3) is 3.40. The molecule has 5 heteroatoms. The Hall–Kier alpha value is -1.62. The van der Waals surface area contributed by atoms with E-state index < -0.39 is 0 Å². The number of nitrogens with one attached hydrogen (secondary N) is 1. The van der Waals surface area contributed by atoms with Crippen LogP contribution in [0.1, 0.15) is 53.2 Å². The van der Waals surface area contributed by atoms with Crippen LogP contribution in [0.2, 0.25) is 0 Å². The molecule has 0 saturated heterocycles. The number of aryl methyl sites for hydroxylation is 2. The lowest BCUT2D eigenvalue weighted by Crippen LogP contribution is -2.16. The highest BCUT2D eigenvalue weighted by molar-refractivity contribution is 7.14. The number of hydrogen-bond acceptors (Lipinski definition) is 3. The third-order valence-corrected chi connectivity index (χ3v) is 5.21. The quantitative estimate of drug-likeness (QED) is 0.862. The summed E-state index contributed by atoms with van der Waals surface area (Å²) in [5, 5.41) is 2.96. The van der Waals surface area contributed by atoms with Crippen LogP contribution in [0.25, 0.3) is 0 Å². The first-order valence-corrected chi connectivity index (χ1v) is 8.89. The SMILES string of the molecule is CC(C)Cn1ccnc1NC(=O)c1cc2c(s1)CCCCC2. The predicted molar refractivity (Wildman–Crippen MR) is 90.6 cm³/mol. The highest BCUT2D eigenvalue weighted by atomic mass is 32.1. The Morgan fingerprint density at radius 1 is 1.36 bits per heavy atom. The molecule has 2 aromatic heterocycles. The van der Waals surface area contributed by atoms with Crippen LogP contribution in [0, 0.1) is 5.92 Å². The molecule has 0 saturated carbocycles. The second-order valence-electron chi connectivity index (χ2n) is 6.37. The molecule has 2 heterocycles. The van der Waals surface area contributed by atoms with E-state index >= 15 is 0 Å². The summed E-state index contributed by atoms with van der Waals surface area (Å²) in [7, 11) is 0. The van der Waals surface area contributed by atoms with Crippen molar-refractivity contribution in [3.8, 4) is 0 Å². The fourth-order valence-corrected chi connectivity index (χ4v) is 4.07. The van der Waals surface area contributed by atoms with Gasteiger partial charge in [0, 0.05) is 23.8 Å². The van der Waals surface area contributed by atoms with Crippen LogP contribution in [0.5, 0.6) is 0 Å². The van der Waals surface area contributed by atoms with Gasteiger partial charge >= 0.3 is 0 Å². The Kier molecular flexibility index (Phi) is 4.62. The smallest absolute Gasteiger partial charge is 0.268 e. The molecule has 0 aliphatic heterocycles. The molecule has 118 valence electrons. The fraction of sp³-hybridized carbons (Fsp3) is 0.529. The van der Waals surface area contributed by atoms with Crippen LogP contribution < -0.4 is 5.32 Å². The second kappa shape index (κ2) is 6.65. The summed E-state index contributed by atoms with van der Waals surface area (Å²) < 4.78 is 2.00. The minimum atomic E-state index is -0.0331. The van der Waals surface area contributed by atoms with E-state index in [1.165, 1.54) is 29.7 Å². The second-order valence-corrected chi connectivity index (χ2v) is 7.51. The van der Waals surface area contributed by atoms with Crippen molar-refractivity contribution in [2.75, 3.05) is 5.32 Å². The molecule has 22 heavy (non-hydrogen) atoms. The topological polar surface area (TPSA) is 46.9 Å². The van der Waals surface area contributed by atoms with Gasteiger partial charge < -0.3 is 4.57 Å². The van der Waals surface area contributed by atoms with E-state index in [1.54, 1.807) is 17.5 Å². The number of aromatic nitrogens is 2. The summed E-state index contributed by atoms with van der Waals surface area (Å²) in [6.07, 6.45) is 9.67.